The molecule has 6 rings (SSSR count). The summed E-state index contributed by atoms with van der Waals surface area (Å²) < 4.78 is 30.8. The van der Waals surface area contributed by atoms with Crippen LogP contribution in [0.2, 0.25) is 0 Å². The Labute approximate surface area is 229 Å². The number of sulfonamides is 1. The number of hydrogen-bond donors (Lipinski definition) is 0. The van der Waals surface area contributed by atoms with E-state index in [0.29, 0.717) is 40.7 Å². The van der Waals surface area contributed by atoms with Crippen LogP contribution >= 0.6 is 15.9 Å². The van der Waals surface area contributed by atoms with Crippen molar-refractivity contribution < 1.29 is 22.8 Å². The van der Waals surface area contributed by atoms with Crippen molar-refractivity contribution in [2.24, 2.45) is 0 Å². The molecule has 0 radical (unpaired) electrons. The molecule has 0 fully saturated rings. The Kier molecular flexibility index (Phi) is 6.01. The minimum absolute atomic E-state index is 0.0429. The summed E-state index contributed by atoms with van der Waals surface area (Å²) in [6, 6.07) is 16.8. The van der Waals surface area contributed by atoms with Gasteiger partial charge in [0.05, 0.1) is 29.4 Å². The molecule has 3 aromatic carbocycles. The number of benzene rings is 3. The molecule has 0 aliphatic carbocycles. The number of halogens is 1. The highest BCUT2D eigenvalue weighted by molar-refractivity contribution is 9.10. The number of carbonyl (C=O) groups is 3. The summed E-state index contributed by atoms with van der Waals surface area (Å²) in [5.74, 6) is -1.09. The van der Waals surface area contributed by atoms with Crippen LogP contribution in [-0.2, 0) is 27.7 Å². The van der Waals surface area contributed by atoms with E-state index in [1.807, 2.05) is 30.3 Å². The number of nitrogens with zero attached hydrogens (tertiary/aromatic N) is 3. The number of rotatable bonds is 4. The molecule has 8 nitrogen and oxygen atoms in total. The third kappa shape index (κ3) is 3.81. The Balaban J connectivity index is 1.46. The highest BCUT2D eigenvalue weighted by atomic mass is 79.9. The second kappa shape index (κ2) is 9.14. The largest absolute Gasteiger partial charge is 0.311 e. The first-order chi connectivity index (χ1) is 18.2. The van der Waals surface area contributed by atoms with Gasteiger partial charge < -0.3 is 4.90 Å². The monoisotopic (exact) mass is 593 g/mol. The SMILES string of the molecule is CC(=O)N1CCc2cc(Br)cc(S(=O)(=O)N3CCc4ccccc4[C@@H]3CN3C(=O)c4ccccc4C3=O)c21. The Morgan fingerprint density at radius 1 is 0.921 bits per heavy atom. The predicted octanol–water partition coefficient (Wildman–Crippen LogP) is 3.94. The molecule has 194 valence electrons. The van der Waals surface area contributed by atoms with Crippen LogP contribution in [0.3, 0.4) is 0 Å². The van der Waals surface area contributed by atoms with Gasteiger partial charge in [0.2, 0.25) is 15.9 Å². The first-order valence-corrected chi connectivity index (χ1v) is 14.6. The third-order valence-electron chi connectivity index (χ3n) is 7.56. The van der Waals surface area contributed by atoms with Crippen LogP contribution in [-0.4, -0.2) is 55.0 Å². The van der Waals surface area contributed by atoms with Gasteiger partial charge in [0.25, 0.3) is 11.8 Å². The smallest absolute Gasteiger partial charge is 0.261 e. The summed E-state index contributed by atoms with van der Waals surface area (Å²) in [6.07, 6.45) is 1.04. The van der Waals surface area contributed by atoms with Crippen molar-refractivity contribution >= 4 is 49.4 Å². The van der Waals surface area contributed by atoms with Crippen LogP contribution in [0.15, 0.2) is 70.0 Å². The van der Waals surface area contributed by atoms with Crippen LogP contribution in [0.5, 0.6) is 0 Å². The Hall–Kier alpha value is -3.34. The lowest BCUT2D eigenvalue weighted by Gasteiger charge is -2.38. The first-order valence-electron chi connectivity index (χ1n) is 12.3. The maximum Gasteiger partial charge on any atom is 0.261 e. The van der Waals surface area contributed by atoms with E-state index >= 15 is 0 Å². The fraction of sp³-hybridized carbons (Fsp3) is 0.250. The van der Waals surface area contributed by atoms with Crippen LogP contribution in [0.25, 0.3) is 0 Å². The number of hydrogen-bond acceptors (Lipinski definition) is 5. The molecule has 3 aliphatic rings. The predicted molar refractivity (Wildman–Crippen MR) is 144 cm³/mol. The highest BCUT2D eigenvalue weighted by Gasteiger charge is 2.44. The summed E-state index contributed by atoms with van der Waals surface area (Å²) in [5, 5.41) is 0. The average molecular weight is 594 g/mol. The van der Waals surface area contributed by atoms with Crippen LogP contribution in [0.1, 0.15) is 50.4 Å². The van der Waals surface area contributed by atoms with Crippen molar-refractivity contribution in [2.75, 3.05) is 24.5 Å². The van der Waals surface area contributed by atoms with Gasteiger partial charge in [-0.05, 0) is 53.8 Å². The normalized spacial score (nSPS) is 18.9. The van der Waals surface area contributed by atoms with Gasteiger partial charge in [-0.15, -0.1) is 0 Å². The number of amides is 3. The van der Waals surface area contributed by atoms with Crippen LogP contribution < -0.4 is 4.90 Å². The van der Waals surface area contributed by atoms with Crippen molar-refractivity contribution in [2.45, 2.75) is 30.7 Å². The minimum atomic E-state index is -4.15. The van der Waals surface area contributed by atoms with E-state index in [1.54, 1.807) is 24.3 Å². The quantitative estimate of drug-likeness (QED) is 0.427. The number of imide groups is 1. The molecule has 0 spiro atoms. The zero-order valence-corrected chi connectivity index (χ0v) is 23.0. The second-order valence-corrected chi connectivity index (χ2v) is 12.5. The summed E-state index contributed by atoms with van der Waals surface area (Å²) >= 11 is 3.45. The van der Waals surface area contributed by atoms with Gasteiger partial charge in [-0.2, -0.15) is 4.31 Å². The molecular weight excluding hydrogens is 570 g/mol. The molecule has 0 saturated heterocycles. The highest BCUT2D eigenvalue weighted by Crippen LogP contribution is 2.42. The molecule has 0 saturated carbocycles. The lowest BCUT2D eigenvalue weighted by atomic mass is 9.94. The lowest BCUT2D eigenvalue weighted by molar-refractivity contribution is -0.116. The van der Waals surface area contributed by atoms with E-state index in [4.69, 9.17) is 0 Å². The second-order valence-electron chi connectivity index (χ2n) is 9.68. The van der Waals surface area contributed by atoms with E-state index in [9.17, 15) is 22.8 Å². The Bertz CT molecular complexity index is 1600. The molecule has 3 amide bonds. The molecule has 0 bridgehead atoms. The van der Waals surface area contributed by atoms with Crippen molar-refractivity contribution in [3.63, 3.8) is 0 Å². The maximum atomic E-state index is 14.4. The fourth-order valence-corrected chi connectivity index (χ4v) is 8.31. The van der Waals surface area contributed by atoms with Gasteiger partial charge in [-0.1, -0.05) is 52.3 Å². The Morgan fingerprint density at radius 2 is 1.55 bits per heavy atom. The zero-order valence-electron chi connectivity index (χ0n) is 20.6. The van der Waals surface area contributed by atoms with E-state index < -0.39 is 27.9 Å². The van der Waals surface area contributed by atoms with Crippen LogP contribution in [0, 0.1) is 0 Å². The van der Waals surface area contributed by atoms with Gasteiger partial charge >= 0.3 is 0 Å². The van der Waals surface area contributed by atoms with Crippen molar-refractivity contribution in [1.82, 2.24) is 9.21 Å². The number of fused-ring (bicyclic) bond motifs is 3. The van der Waals surface area contributed by atoms with E-state index in [2.05, 4.69) is 15.9 Å². The maximum absolute atomic E-state index is 14.4. The van der Waals surface area contributed by atoms with Crippen molar-refractivity contribution in [1.29, 1.82) is 0 Å². The van der Waals surface area contributed by atoms with E-state index in [-0.39, 0.29) is 23.9 Å². The minimum Gasteiger partial charge on any atom is -0.311 e. The van der Waals surface area contributed by atoms with Gasteiger partial charge in [0.1, 0.15) is 4.90 Å². The van der Waals surface area contributed by atoms with Crippen molar-refractivity contribution in [3.05, 3.63) is 93.0 Å². The molecule has 3 aliphatic heterocycles. The molecule has 0 unspecified atom stereocenters. The molecule has 3 heterocycles. The van der Waals surface area contributed by atoms with E-state index in [1.165, 1.54) is 22.2 Å². The molecule has 0 N–H and O–H groups in total. The molecule has 0 aromatic heterocycles. The van der Waals surface area contributed by atoms with Gasteiger partial charge in [-0.25, -0.2) is 8.42 Å². The fourth-order valence-electron chi connectivity index (χ4n) is 5.79. The molecular formula is C28H24BrN3O5S. The lowest BCUT2D eigenvalue weighted by Crippen LogP contribution is -2.46. The van der Waals surface area contributed by atoms with Crippen LogP contribution in [0.4, 0.5) is 5.69 Å². The summed E-state index contributed by atoms with van der Waals surface area (Å²) in [5.41, 5.74) is 3.55. The summed E-state index contributed by atoms with van der Waals surface area (Å²) in [6.45, 7) is 1.89. The van der Waals surface area contributed by atoms with Gasteiger partial charge in [0, 0.05) is 24.5 Å². The molecule has 10 heteroatoms. The molecule has 1 atom stereocenters. The van der Waals surface area contributed by atoms with Gasteiger partial charge in [-0.3, -0.25) is 19.3 Å². The number of anilines is 1. The van der Waals surface area contributed by atoms with E-state index in [0.717, 1.165) is 21.6 Å². The molecule has 3 aromatic rings. The van der Waals surface area contributed by atoms with Crippen molar-refractivity contribution in [3.8, 4) is 0 Å². The zero-order chi connectivity index (χ0) is 26.8. The molecule has 38 heavy (non-hydrogen) atoms. The summed E-state index contributed by atoms with van der Waals surface area (Å²) in [4.78, 5) is 41.5. The summed E-state index contributed by atoms with van der Waals surface area (Å²) in [7, 11) is -4.15. The third-order valence-corrected chi connectivity index (χ3v) is 9.94. The Morgan fingerprint density at radius 3 is 2.24 bits per heavy atom. The topological polar surface area (TPSA) is 95.1 Å². The first kappa shape index (κ1) is 25.0. The average Bonchev–Trinajstić information content (AvgIpc) is 3.43. The standard InChI is InChI=1S/C28H24BrN3O5S/c1-17(33)30-12-10-19-14-20(29)15-25(26(19)30)38(36,37)32-13-11-18-6-2-3-7-21(18)24(32)16-31-27(34)22-8-4-5-9-23(22)28(31)35/h2-9,14-15,24H,10-13,16H2,1H3/t24-/m0/s1. The van der Waals surface area contributed by atoms with Gasteiger partial charge in [0.15, 0.2) is 0 Å². The number of carbonyl (C=O) groups excluding carboxylic acids is 3.